The smallest absolute Gasteiger partial charge is 0.345 e. The van der Waals surface area contributed by atoms with E-state index >= 15 is 0 Å². The van der Waals surface area contributed by atoms with Crippen LogP contribution in [0.2, 0.25) is 0 Å². The lowest BCUT2D eigenvalue weighted by Gasteiger charge is -2.02. The molecule has 1 fully saturated rings. The molecule has 1 heterocycles. The lowest BCUT2D eigenvalue weighted by molar-refractivity contribution is -0.135. The summed E-state index contributed by atoms with van der Waals surface area (Å²) >= 11 is 3.29. The normalized spacial score (nSPS) is 18.2. The van der Waals surface area contributed by atoms with Crippen molar-refractivity contribution in [2.45, 2.75) is 6.42 Å². The minimum atomic E-state index is -0.746. The summed E-state index contributed by atoms with van der Waals surface area (Å²) in [6, 6.07) is 7.24. The van der Waals surface area contributed by atoms with Crippen molar-refractivity contribution in [2.24, 2.45) is 0 Å². The Hall–Kier alpha value is -1.62. The topological polar surface area (TPSA) is 63.6 Å². The van der Waals surface area contributed by atoms with Gasteiger partial charge in [-0.25, -0.2) is 4.79 Å². The van der Waals surface area contributed by atoms with Gasteiger partial charge in [-0.15, -0.1) is 0 Å². The van der Waals surface area contributed by atoms with E-state index in [4.69, 9.17) is 0 Å². The van der Waals surface area contributed by atoms with E-state index in [0.717, 1.165) is 10.0 Å². The molecule has 0 spiro atoms. The second kappa shape index (κ2) is 4.71. The number of hydrogen-bond acceptors (Lipinski definition) is 4. The molecule has 0 aromatic heterocycles. The Morgan fingerprint density at radius 2 is 1.94 bits per heavy atom. The first-order valence-corrected chi connectivity index (χ1v) is 5.74. The average molecular weight is 297 g/mol. The lowest BCUT2D eigenvalue weighted by Crippen LogP contribution is -2.07. The van der Waals surface area contributed by atoms with Crippen LogP contribution in [-0.2, 0) is 20.7 Å². The average Bonchev–Trinajstić information content (AvgIpc) is 2.62. The van der Waals surface area contributed by atoms with Crippen molar-refractivity contribution in [3.63, 3.8) is 0 Å². The van der Waals surface area contributed by atoms with Crippen molar-refractivity contribution in [1.29, 1.82) is 0 Å². The zero-order valence-electron chi connectivity index (χ0n) is 8.77. The number of halogens is 1. The summed E-state index contributed by atoms with van der Waals surface area (Å²) in [6.07, 6.45) is 0.142. The number of carbonyl (C=O) groups is 2. The standard InChI is InChI=1S/C12H9BrO4/c13-8-3-1-7(2-4-8)5-9(14)11-10(15)6-17-12(11)16/h1-4,14H,5-6H2/b11-9-. The fourth-order valence-electron chi connectivity index (χ4n) is 1.55. The predicted molar refractivity (Wildman–Crippen MR) is 63.5 cm³/mol. The fraction of sp³-hybridized carbons (Fsp3) is 0.167. The highest BCUT2D eigenvalue weighted by atomic mass is 79.9. The first kappa shape index (κ1) is 11.9. The molecule has 0 radical (unpaired) electrons. The molecule has 0 atom stereocenters. The quantitative estimate of drug-likeness (QED) is 0.392. The van der Waals surface area contributed by atoms with E-state index in [1.165, 1.54) is 0 Å². The molecule has 1 aliphatic heterocycles. The summed E-state index contributed by atoms with van der Waals surface area (Å²) in [5, 5.41) is 9.76. The molecular weight excluding hydrogens is 288 g/mol. The summed E-state index contributed by atoms with van der Waals surface area (Å²) in [5.74, 6) is -1.45. The van der Waals surface area contributed by atoms with Crippen molar-refractivity contribution in [3.8, 4) is 0 Å². The van der Waals surface area contributed by atoms with E-state index in [0.29, 0.717) is 0 Å². The Kier molecular flexibility index (Phi) is 3.28. The molecule has 88 valence electrons. The van der Waals surface area contributed by atoms with Crippen LogP contribution in [-0.4, -0.2) is 23.5 Å². The van der Waals surface area contributed by atoms with Gasteiger partial charge in [0.1, 0.15) is 11.3 Å². The van der Waals surface area contributed by atoms with Gasteiger partial charge in [0.05, 0.1) is 0 Å². The number of cyclic esters (lactones) is 1. The van der Waals surface area contributed by atoms with Crippen molar-refractivity contribution in [1.82, 2.24) is 0 Å². The molecule has 1 aromatic carbocycles. The monoisotopic (exact) mass is 296 g/mol. The number of aliphatic hydroxyl groups excluding tert-OH is 1. The van der Waals surface area contributed by atoms with E-state index in [9.17, 15) is 14.7 Å². The molecule has 0 bridgehead atoms. The molecule has 0 saturated carbocycles. The molecule has 5 heteroatoms. The number of ether oxygens (including phenoxy) is 1. The molecule has 0 aliphatic carbocycles. The summed E-state index contributed by atoms with van der Waals surface area (Å²) < 4.78 is 5.46. The Bertz CT molecular complexity index is 484. The van der Waals surface area contributed by atoms with Crippen LogP contribution in [0.5, 0.6) is 0 Å². The van der Waals surface area contributed by atoms with E-state index in [-0.39, 0.29) is 24.4 Å². The molecule has 0 unspecified atom stereocenters. The second-order valence-corrected chi connectivity index (χ2v) is 4.54. The van der Waals surface area contributed by atoms with Crippen molar-refractivity contribution < 1.29 is 19.4 Å². The van der Waals surface area contributed by atoms with Crippen LogP contribution in [0, 0.1) is 0 Å². The maximum atomic E-state index is 11.3. The van der Waals surface area contributed by atoms with Crippen LogP contribution in [0.3, 0.4) is 0 Å². The summed E-state index contributed by atoms with van der Waals surface area (Å²) in [4.78, 5) is 22.5. The SMILES string of the molecule is O=C1COC(=O)/C1=C(\O)Cc1ccc(Br)cc1. The Morgan fingerprint density at radius 3 is 2.47 bits per heavy atom. The molecule has 1 N–H and O–H groups in total. The van der Waals surface area contributed by atoms with Gasteiger partial charge in [0.25, 0.3) is 0 Å². The predicted octanol–water partition coefficient (Wildman–Crippen LogP) is 1.93. The molecule has 1 aliphatic rings. The lowest BCUT2D eigenvalue weighted by atomic mass is 10.1. The van der Waals surface area contributed by atoms with Crippen LogP contribution in [0.25, 0.3) is 0 Å². The van der Waals surface area contributed by atoms with Gasteiger partial charge in [-0.3, -0.25) is 4.79 Å². The van der Waals surface area contributed by atoms with Gasteiger partial charge in [0.2, 0.25) is 5.78 Å². The van der Waals surface area contributed by atoms with Crippen molar-refractivity contribution in [2.75, 3.05) is 6.61 Å². The summed E-state index contributed by atoms with van der Waals surface area (Å²) in [7, 11) is 0. The molecule has 1 aromatic rings. The molecular formula is C12H9BrO4. The minimum absolute atomic E-state index is 0.142. The van der Waals surface area contributed by atoms with Gasteiger partial charge in [-0.05, 0) is 17.7 Å². The van der Waals surface area contributed by atoms with Crippen LogP contribution < -0.4 is 0 Å². The maximum Gasteiger partial charge on any atom is 0.345 e. The highest BCUT2D eigenvalue weighted by Crippen LogP contribution is 2.18. The second-order valence-electron chi connectivity index (χ2n) is 3.62. The number of Topliss-reactive ketones (excluding diaryl/α,β-unsaturated/α-hetero) is 1. The fourth-order valence-corrected chi connectivity index (χ4v) is 1.82. The highest BCUT2D eigenvalue weighted by Gasteiger charge is 2.31. The van der Waals surface area contributed by atoms with Gasteiger partial charge in [-0.2, -0.15) is 0 Å². The zero-order valence-corrected chi connectivity index (χ0v) is 10.4. The van der Waals surface area contributed by atoms with E-state index in [1.807, 2.05) is 12.1 Å². The van der Waals surface area contributed by atoms with Crippen LogP contribution in [0.1, 0.15) is 5.56 Å². The summed E-state index contributed by atoms with van der Waals surface area (Å²) in [5.41, 5.74) is 0.582. The highest BCUT2D eigenvalue weighted by molar-refractivity contribution is 9.10. The van der Waals surface area contributed by atoms with Crippen molar-refractivity contribution >= 4 is 27.7 Å². The number of carbonyl (C=O) groups excluding carboxylic acids is 2. The minimum Gasteiger partial charge on any atom is -0.511 e. The Labute approximate surface area is 106 Å². The molecule has 4 nitrogen and oxygen atoms in total. The number of ketones is 1. The van der Waals surface area contributed by atoms with E-state index in [2.05, 4.69) is 20.7 Å². The Balaban J connectivity index is 2.24. The first-order valence-electron chi connectivity index (χ1n) is 4.95. The summed E-state index contributed by atoms with van der Waals surface area (Å²) in [6.45, 7) is -0.279. The van der Waals surface area contributed by atoms with Gasteiger partial charge in [-0.1, -0.05) is 28.1 Å². The maximum absolute atomic E-state index is 11.3. The van der Waals surface area contributed by atoms with Gasteiger partial charge in [0, 0.05) is 10.9 Å². The molecule has 2 rings (SSSR count). The van der Waals surface area contributed by atoms with Crippen LogP contribution in [0.15, 0.2) is 40.1 Å². The number of esters is 1. The molecule has 0 amide bonds. The van der Waals surface area contributed by atoms with E-state index < -0.39 is 11.8 Å². The number of allylic oxidation sites excluding steroid dienone is 1. The molecule has 17 heavy (non-hydrogen) atoms. The van der Waals surface area contributed by atoms with E-state index in [1.54, 1.807) is 12.1 Å². The number of hydrogen-bond donors (Lipinski definition) is 1. The number of benzene rings is 1. The van der Waals surface area contributed by atoms with Crippen molar-refractivity contribution in [3.05, 3.63) is 45.6 Å². The largest absolute Gasteiger partial charge is 0.511 e. The number of aliphatic hydroxyl groups is 1. The van der Waals surface area contributed by atoms with Gasteiger partial charge < -0.3 is 9.84 Å². The number of rotatable bonds is 2. The Morgan fingerprint density at radius 1 is 1.29 bits per heavy atom. The third kappa shape index (κ3) is 2.55. The third-order valence-electron chi connectivity index (χ3n) is 2.39. The van der Waals surface area contributed by atoms with Crippen LogP contribution in [0.4, 0.5) is 0 Å². The first-order chi connectivity index (χ1) is 8.08. The van der Waals surface area contributed by atoms with Crippen LogP contribution >= 0.6 is 15.9 Å². The van der Waals surface area contributed by atoms with Gasteiger partial charge in [0.15, 0.2) is 6.61 Å². The third-order valence-corrected chi connectivity index (χ3v) is 2.92. The zero-order chi connectivity index (χ0) is 12.4. The van der Waals surface area contributed by atoms with Gasteiger partial charge >= 0.3 is 5.97 Å². The molecule has 1 saturated heterocycles.